The van der Waals surface area contributed by atoms with Crippen molar-refractivity contribution in [1.82, 2.24) is 15.3 Å². The summed E-state index contributed by atoms with van der Waals surface area (Å²) in [7, 11) is 0. The molecule has 1 amide bonds. The molecule has 1 aromatic carbocycles. The molecule has 0 aliphatic rings. The summed E-state index contributed by atoms with van der Waals surface area (Å²) in [6, 6.07) is 8.00. The number of hydrogen-bond donors (Lipinski definition) is 2. The number of aliphatic carboxylic acids is 1. The topological polar surface area (TPSA) is 101 Å². The lowest BCUT2D eigenvalue weighted by molar-refractivity contribution is -0.139. The summed E-state index contributed by atoms with van der Waals surface area (Å²) < 4.78 is 5.03. The number of aromatic nitrogens is 2. The van der Waals surface area contributed by atoms with E-state index in [1.165, 1.54) is 12.4 Å². The maximum Gasteiger partial charge on any atom is 0.408 e. The van der Waals surface area contributed by atoms with Crippen molar-refractivity contribution in [3.8, 4) is 0 Å². The molecular formula is C16H17N3O4. The smallest absolute Gasteiger partial charge is 0.408 e. The fraction of sp³-hybridized carbons (Fsp3) is 0.250. The minimum atomic E-state index is -1.16. The molecule has 2 aromatic rings. The van der Waals surface area contributed by atoms with Gasteiger partial charge >= 0.3 is 12.1 Å². The number of amides is 1. The van der Waals surface area contributed by atoms with Crippen molar-refractivity contribution in [1.29, 1.82) is 0 Å². The van der Waals surface area contributed by atoms with Crippen molar-refractivity contribution in [3.05, 3.63) is 59.7 Å². The average Bonchev–Trinajstić information content (AvgIpc) is 2.55. The minimum absolute atomic E-state index is 0.0371. The van der Waals surface area contributed by atoms with Gasteiger partial charge in [0.25, 0.3) is 0 Å². The Kier molecular flexibility index (Phi) is 5.62. The highest BCUT2D eigenvalue weighted by Crippen LogP contribution is 2.05. The van der Waals surface area contributed by atoms with E-state index >= 15 is 0 Å². The van der Waals surface area contributed by atoms with E-state index < -0.39 is 18.1 Å². The van der Waals surface area contributed by atoms with Crippen LogP contribution >= 0.6 is 0 Å². The monoisotopic (exact) mass is 315 g/mol. The van der Waals surface area contributed by atoms with Crippen LogP contribution in [0.5, 0.6) is 0 Å². The number of ether oxygens (including phenoxy) is 1. The molecule has 0 spiro atoms. The normalized spacial score (nSPS) is 11.5. The summed E-state index contributed by atoms with van der Waals surface area (Å²) in [6.07, 6.45) is 2.25. The second kappa shape index (κ2) is 7.88. The Labute approximate surface area is 133 Å². The number of benzene rings is 1. The van der Waals surface area contributed by atoms with Gasteiger partial charge in [-0.1, -0.05) is 30.3 Å². The number of carboxylic acids is 1. The van der Waals surface area contributed by atoms with Crippen molar-refractivity contribution < 1.29 is 19.4 Å². The van der Waals surface area contributed by atoms with Crippen LogP contribution in [0.2, 0.25) is 0 Å². The zero-order valence-electron chi connectivity index (χ0n) is 12.6. The number of carbonyl (C=O) groups excluding carboxylic acids is 1. The number of carbonyl (C=O) groups is 2. The molecule has 1 unspecified atom stereocenters. The van der Waals surface area contributed by atoms with Crippen molar-refractivity contribution >= 4 is 12.1 Å². The summed E-state index contributed by atoms with van der Waals surface area (Å²) in [5, 5.41) is 11.6. The van der Waals surface area contributed by atoms with Crippen LogP contribution in [0, 0.1) is 6.92 Å². The highest BCUT2D eigenvalue weighted by Gasteiger charge is 2.22. The van der Waals surface area contributed by atoms with Crippen molar-refractivity contribution in [2.24, 2.45) is 0 Å². The Morgan fingerprint density at radius 3 is 2.57 bits per heavy atom. The number of rotatable bonds is 6. The first-order valence-corrected chi connectivity index (χ1v) is 7.02. The molecule has 23 heavy (non-hydrogen) atoms. The number of nitrogens with zero attached hydrogens (tertiary/aromatic N) is 2. The van der Waals surface area contributed by atoms with Gasteiger partial charge in [0, 0.05) is 18.8 Å². The fourth-order valence-corrected chi connectivity index (χ4v) is 1.94. The number of carboxylic acid groups (broad SMARTS) is 1. The van der Waals surface area contributed by atoms with E-state index in [9.17, 15) is 14.7 Å². The Balaban J connectivity index is 1.92. The van der Waals surface area contributed by atoms with Crippen LogP contribution in [0.3, 0.4) is 0 Å². The van der Waals surface area contributed by atoms with Crippen LogP contribution in [0.4, 0.5) is 4.79 Å². The highest BCUT2D eigenvalue weighted by molar-refractivity contribution is 5.80. The van der Waals surface area contributed by atoms with Gasteiger partial charge in [0.15, 0.2) is 0 Å². The Morgan fingerprint density at radius 2 is 1.91 bits per heavy atom. The van der Waals surface area contributed by atoms with Gasteiger partial charge in [-0.3, -0.25) is 9.97 Å². The molecule has 7 heteroatoms. The summed E-state index contributed by atoms with van der Waals surface area (Å²) in [4.78, 5) is 31.2. The first-order valence-electron chi connectivity index (χ1n) is 7.02. The van der Waals surface area contributed by atoms with Gasteiger partial charge < -0.3 is 15.2 Å². The standard InChI is InChI=1S/C16H17N3O4/c1-11-13(18-8-7-17-11)9-14(15(20)21)19-16(22)23-10-12-5-3-2-4-6-12/h2-8,14H,9-10H2,1H3,(H,19,22)(H,20,21). The van der Waals surface area contributed by atoms with E-state index in [2.05, 4.69) is 15.3 Å². The third-order valence-corrected chi connectivity index (χ3v) is 3.18. The van der Waals surface area contributed by atoms with Crippen LogP contribution < -0.4 is 5.32 Å². The zero-order chi connectivity index (χ0) is 16.7. The molecule has 0 radical (unpaired) electrons. The SMILES string of the molecule is Cc1nccnc1CC(NC(=O)OCc1ccccc1)C(=O)O. The van der Waals surface area contributed by atoms with Gasteiger partial charge in [-0.05, 0) is 12.5 Å². The summed E-state index contributed by atoms with van der Waals surface area (Å²) in [6.45, 7) is 1.80. The third kappa shape index (κ3) is 5.06. The van der Waals surface area contributed by atoms with Gasteiger partial charge in [0.05, 0.1) is 11.4 Å². The molecule has 1 atom stereocenters. The van der Waals surface area contributed by atoms with Crippen LogP contribution in [0.1, 0.15) is 17.0 Å². The van der Waals surface area contributed by atoms with Crippen LogP contribution in [0.15, 0.2) is 42.7 Å². The number of aryl methyl sites for hydroxylation is 1. The van der Waals surface area contributed by atoms with Crippen molar-refractivity contribution in [3.63, 3.8) is 0 Å². The molecule has 2 rings (SSSR count). The molecular weight excluding hydrogens is 298 g/mol. The highest BCUT2D eigenvalue weighted by atomic mass is 16.5. The summed E-state index contributed by atoms with van der Waals surface area (Å²) >= 11 is 0. The zero-order valence-corrected chi connectivity index (χ0v) is 12.6. The maximum atomic E-state index is 11.8. The van der Waals surface area contributed by atoms with Gasteiger partial charge in [0.1, 0.15) is 12.6 Å². The van der Waals surface area contributed by atoms with E-state index in [1.807, 2.05) is 30.3 Å². The molecule has 120 valence electrons. The lowest BCUT2D eigenvalue weighted by Gasteiger charge is -2.15. The largest absolute Gasteiger partial charge is 0.480 e. The van der Waals surface area contributed by atoms with E-state index in [4.69, 9.17) is 4.74 Å². The maximum absolute atomic E-state index is 11.8. The lowest BCUT2D eigenvalue weighted by Crippen LogP contribution is -2.42. The van der Waals surface area contributed by atoms with Crippen molar-refractivity contribution in [2.45, 2.75) is 26.0 Å². The Morgan fingerprint density at radius 1 is 1.22 bits per heavy atom. The van der Waals surface area contributed by atoms with Crippen LogP contribution in [0.25, 0.3) is 0 Å². The second-order valence-corrected chi connectivity index (χ2v) is 4.89. The number of nitrogens with one attached hydrogen (secondary N) is 1. The van der Waals surface area contributed by atoms with Gasteiger partial charge in [-0.15, -0.1) is 0 Å². The first-order chi connectivity index (χ1) is 11.1. The fourth-order valence-electron chi connectivity index (χ4n) is 1.94. The number of alkyl carbamates (subject to hydrolysis) is 1. The predicted molar refractivity (Wildman–Crippen MR) is 81.7 cm³/mol. The molecule has 0 fully saturated rings. The molecule has 0 saturated heterocycles. The third-order valence-electron chi connectivity index (χ3n) is 3.18. The quantitative estimate of drug-likeness (QED) is 0.841. The summed E-state index contributed by atoms with van der Waals surface area (Å²) in [5.41, 5.74) is 1.96. The van der Waals surface area contributed by atoms with E-state index in [0.717, 1.165) is 5.56 Å². The van der Waals surface area contributed by atoms with Gasteiger partial charge in [-0.2, -0.15) is 0 Å². The second-order valence-electron chi connectivity index (χ2n) is 4.89. The van der Waals surface area contributed by atoms with Crippen LogP contribution in [-0.4, -0.2) is 33.2 Å². The van der Waals surface area contributed by atoms with E-state index in [-0.39, 0.29) is 13.0 Å². The van der Waals surface area contributed by atoms with Gasteiger partial charge in [0.2, 0.25) is 0 Å². The molecule has 2 N–H and O–H groups in total. The molecule has 1 heterocycles. The van der Waals surface area contributed by atoms with Crippen molar-refractivity contribution in [2.75, 3.05) is 0 Å². The molecule has 7 nitrogen and oxygen atoms in total. The van der Waals surface area contributed by atoms with E-state index in [0.29, 0.717) is 11.4 Å². The lowest BCUT2D eigenvalue weighted by atomic mass is 10.1. The molecule has 0 aliphatic heterocycles. The molecule has 0 bridgehead atoms. The molecule has 1 aromatic heterocycles. The molecule has 0 saturated carbocycles. The average molecular weight is 315 g/mol. The van der Waals surface area contributed by atoms with Crippen LogP contribution in [-0.2, 0) is 22.6 Å². The summed E-state index contributed by atoms with van der Waals surface area (Å²) in [5.74, 6) is -1.16. The predicted octanol–water partition coefficient (Wildman–Crippen LogP) is 1.71. The number of hydrogen-bond acceptors (Lipinski definition) is 5. The first kappa shape index (κ1) is 16.4. The van der Waals surface area contributed by atoms with Gasteiger partial charge in [-0.25, -0.2) is 9.59 Å². The Hall–Kier alpha value is -2.96. The molecule has 0 aliphatic carbocycles. The Bertz CT molecular complexity index is 676. The minimum Gasteiger partial charge on any atom is -0.480 e. The van der Waals surface area contributed by atoms with E-state index in [1.54, 1.807) is 6.92 Å².